The van der Waals surface area contributed by atoms with Crippen LogP contribution in [0.3, 0.4) is 0 Å². The molecule has 0 spiro atoms. The molecule has 0 aliphatic carbocycles. The van der Waals surface area contributed by atoms with E-state index in [2.05, 4.69) is 5.32 Å². The highest BCUT2D eigenvalue weighted by Gasteiger charge is 2.33. The van der Waals surface area contributed by atoms with Crippen LogP contribution in [0.1, 0.15) is 43.0 Å². The van der Waals surface area contributed by atoms with Crippen molar-refractivity contribution in [2.75, 3.05) is 17.4 Å². The number of halogens is 1. The fourth-order valence-electron chi connectivity index (χ4n) is 4.15. The summed E-state index contributed by atoms with van der Waals surface area (Å²) in [7, 11) is -4.15. The first-order valence-electron chi connectivity index (χ1n) is 13.3. The zero-order valence-corrected chi connectivity index (χ0v) is 25.5. The Bertz CT molecular complexity index is 1460. The number of benzene rings is 3. The van der Waals surface area contributed by atoms with Gasteiger partial charge >= 0.3 is 0 Å². The highest BCUT2D eigenvalue weighted by molar-refractivity contribution is 7.92. The van der Waals surface area contributed by atoms with E-state index in [9.17, 15) is 18.0 Å². The molecule has 0 heterocycles. The van der Waals surface area contributed by atoms with E-state index in [1.165, 1.54) is 29.2 Å². The molecule has 0 unspecified atom stereocenters. The van der Waals surface area contributed by atoms with Crippen LogP contribution in [0.2, 0.25) is 5.02 Å². The summed E-state index contributed by atoms with van der Waals surface area (Å²) in [4.78, 5) is 28.6. The van der Waals surface area contributed by atoms with Crippen LogP contribution >= 0.6 is 11.6 Å². The highest BCUT2D eigenvalue weighted by Crippen LogP contribution is 2.27. The van der Waals surface area contributed by atoms with Crippen molar-refractivity contribution in [3.05, 3.63) is 94.0 Å². The molecule has 9 heteroatoms. The zero-order chi connectivity index (χ0) is 29.6. The maximum Gasteiger partial charge on any atom is 0.264 e. The van der Waals surface area contributed by atoms with Crippen molar-refractivity contribution >= 4 is 39.1 Å². The van der Waals surface area contributed by atoms with E-state index in [-0.39, 0.29) is 23.3 Å². The molecular formula is C31H38ClN3O4S. The summed E-state index contributed by atoms with van der Waals surface area (Å²) >= 11 is 6.01. The number of nitrogens with zero attached hydrogens (tertiary/aromatic N) is 2. The number of hydrogen-bond donors (Lipinski definition) is 1. The molecule has 3 rings (SSSR count). The Labute approximate surface area is 243 Å². The number of sulfonamides is 1. The monoisotopic (exact) mass is 583 g/mol. The lowest BCUT2D eigenvalue weighted by molar-refractivity contribution is -0.139. The largest absolute Gasteiger partial charge is 0.354 e. The number of rotatable bonds is 11. The van der Waals surface area contributed by atoms with Gasteiger partial charge in [-0.25, -0.2) is 8.42 Å². The van der Waals surface area contributed by atoms with Gasteiger partial charge in [-0.1, -0.05) is 55.8 Å². The lowest BCUT2D eigenvalue weighted by atomic mass is 10.1. The second kappa shape index (κ2) is 13.3. The molecule has 2 amide bonds. The number of amides is 2. The molecule has 7 nitrogen and oxygen atoms in total. The van der Waals surface area contributed by atoms with Gasteiger partial charge in [-0.15, -0.1) is 0 Å². The van der Waals surface area contributed by atoms with Crippen LogP contribution in [0.5, 0.6) is 0 Å². The molecule has 1 N–H and O–H groups in total. The molecular weight excluding hydrogens is 546 g/mol. The highest BCUT2D eigenvalue weighted by atomic mass is 35.5. The van der Waals surface area contributed by atoms with E-state index in [4.69, 9.17) is 11.6 Å². The third kappa shape index (κ3) is 7.64. The topological polar surface area (TPSA) is 86.8 Å². The Morgan fingerprint density at radius 1 is 0.875 bits per heavy atom. The molecule has 0 aromatic heterocycles. The fraction of sp³-hybridized carbons (Fsp3) is 0.355. The minimum atomic E-state index is -4.15. The lowest BCUT2D eigenvalue weighted by Gasteiger charge is -2.32. The predicted octanol–water partition coefficient (Wildman–Crippen LogP) is 5.65. The van der Waals surface area contributed by atoms with Gasteiger partial charge in [0.1, 0.15) is 12.6 Å². The number of anilines is 1. The molecule has 0 bridgehead atoms. The molecule has 0 saturated carbocycles. The summed E-state index contributed by atoms with van der Waals surface area (Å²) in [5.74, 6) is -0.554. The maximum absolute atomic E-state index is 14.0. The van der Waals surface area contributed by atoms with Gasteiger partial charge < -0.3 is 10.2 Å². The van der Waals surface area contributed by atoms with E-state index in [0.29, 0.717) is 17.3 Å². The molecule has 1 atom stereocenters. The molecule has 3 aromatic carbocycles. The molecule has 0 aliphatic heterocycles. The zero-order valence-electron chi connectivity index (χ0n) is 23.9. The van der Waals surface area contributed by atoms with E-state index in [1.54, 1.807) is 19.1 Å². The first-order valence-corrected chi connectivity index (χ1v) is 15.1. The first-order chi connectivity index (χ1) is 18.8. The third-order valence-electron chi connectivity index (χ3n) is 6.91. The molecule has 0 fully saturated rings. The molecule has 0 saturated heterocycles. The second-order valence-corrected chi connectivity index (χ2v) is 12.8. The van der Waals surface area contributed by atoms with Crippen LogP contribution in [0.25, 0.3) is 0 Å². The molecule has 40 heavy (non-hydrogen) atoms. The first kappa shape index (κ1) is 31.2. The van der Waals surface area contributed by atoms with Crippen molar-refractivity contribution in [2.24, 2.45) is 5.92 Å². The molecule has 0 radical (unpaired) electrons. The van der Waals surface area contributed by atoms with Crippen LogP contribution < -0.4 is 9.62 Å². The summed E-state index contributed by atoms with van der Waals surface area (Å²) in [5.41, 5.74) is 4.08. The minimum absolute atomic E-state index is 0.0103. The van der Waals surface area contributed by atoms with Gasteiger partial charge in [0.15, 0.2) is 0 Å². The van der Waals surface area contributed by atoms with E-state index >= 15 is 0 Å². The van der Waals surface area contributed by atoms with Gasteiger partial charge in [-0.2, -0.15) is 0 Å². The summed E-state index contributed by atoms with van der Waals surface area (Å²) < 4.78 is 29.0. The Balaban J connectivity index is 2.05. The van der Waals surface area contributed by atoms with E-state index in [1.807, 2.05) is 65.0 Å². The van der Waals surface area contributed by atoms with Crippen molar-refractivity contribution < 1.29 is 18.0 Å². The standard InChI is InChI=1S/C31H38ClN3O4S/c1-21(2)18-33-31(37)25(6)34(19-26-10-8-7-9-23(26)4)30(36)20-35(28-14-11-22(3)24(5)17-28)40(38,39)29-15-12-27(32)13-16-29/h7-17,21,25H,18-20H2,1-6H3,(H,33,37)/t25-/m0/s1. The second-order valence-electron chi connectivity index (χ2n) is 10.5. The lowest BCUT2D eigenvalue weighted by Crippen LogP contribution is -2.51. The van der Waals surface area contributed by atoms with Crippen LogP contribution in [0.15, 0.2) is 71.6 Å². The number of nitrogens with one attached hydrogen (secondary N) is 1. The van der Waals surface area contributed by atoms with Crippen molar-refractivity contribution in [3.63, 3.8) is 0 Å². The van der Waals surface area contributed by atoms with Gasteiger partial charge in [0, 0.05) is 18.1 Å². The van der Waals surface area contributed by atoms with Crippen LogP contribution in [0.4, 0.5) is 5.69 Å². The summed E-state index contributed by atoms with van der Waals surface area (Å²) in [5, 5.41) is 3.30. The Hall–Kier alpha value is -3.36. The normalized spacial score (nSPS) is 12.2. The van der Waals surface area contributed by atoms with E-state index < -0.39 is 28.5 Å². The Morgan fingerprint density at radius 3 is 2.12 bits per heavy atom. The third-order valence-corrected chi connectivity index (χ3v) is 8.95. The number of aryl methyl sites for hydroxylation is 3. The summed E-state index contributed by atoms with van der Waals surface area (Å²) in [6.45, 7) is 11.5. The van der Waals surface area contributed by atoms with Gasteiger partial charge in [-0.05, 0) is 92.3 Å². The quantitative estimate of drug-likeness (QED) is 0.316. The summed E-state index contributed by atoms with van der Waals surface area (Å²) in [6, 6.07) is 17.9. The Morgan fingerprint density at radius 2 is 1.52 bits per heavy atom. The Kier molecular flexibility index (Phi) is 10.4. The van der Waals surface area contributed by atoms with Gasteiger partial charge in [0.05, 0.1) is 10.6 Å². The fourth-order valence-corrected chi connectivity index (χ4v) is 5.68. The summed E-state index contributed by atoms with van der Waals surface area (Å²) in [6.07, 6.45) is 0. The number of carbonyl (C=O) groups excluding carboxylic acids is 2. The average Bonchev–Trinajstić information content (AvgIpc) is 2.91. The maximum atomic E-state index is 14.0. The molecule has 3 aromatic rings. The predicted molar refractivity (Wildman–Crippen MR) is 161 cm³/mol. The number of hydrogen-bond acceptors (Lipinski definition) is 4. The van der Waals surface area contributed by atoms with Crippen molar-refractivity contribution in [1.82, 2.24) is 10.2 Å². The van der Waals surface area contributed by atoms with E-state index in [0.717, 1.165) is 26.6 Å². The SMILES string of the molecule is Cc1ccc(N(CC(=O)N(Cc2ccccc2C)[C@@H](C)C(=O)NCC(C)C)S(=O)(=O)c2ccc(Cl)cc2)cc1C. The van der Waals surface area contributed by atoms with Gasteiger partial charge in [0.2, 0.25) is 11.8 Å². The minimum Gasteiger partial charge on any atom is -0.354 e. The van der Waals surface area contributed by atoms with Gasteiger partial charge in [-0.3, -0.25) is 13.9 Å². The van der Waals surface area contributed by atoms with Crippen molar-refractivity contribution in [3.8, 4) is 0 Å². The van der Waals surface area contributed by atoms with Crippen LogP contribution in [-0.4, -0.2) is 44.3 Å². The van der Waals surface area contributed by atoms with Gasteiger partial charge in [0.25, 0.3) is 10.0 Å². The smallest absolute Gasteiger partial charge is 0.264 e. The van der Waals surface area contributed by atoms with Crippen LogP contribution in [-0.2, 0) is 26.2 Å². The molecule has 0 aliphatic rings. The molecule has 214 valence electrons. The van der Waals surface area contributed by atoms with Crippen molar-refractivity contribution in [1.29, 1.82) is 0 Å². The van der Waals surface area contributed by atoms with Crippen molar-refractivity contribution in [2.45, 2.75) is 59.0 Å². The number of carbonyl (C=O) groups is 2. The van der Waals surface area contributed by atoms with Crippen LogP contribution in [0, 0.1) is 26.7 Å². The average molecular weight is 584 g/mol.